The number of aromatic amines is 1. The average Bonchev–Trinajstić information content (AvgIpc) is 2.86. The number of hydrogen-bond donors (Lipinski definition) is 1. The Morgan fingerprint density at radius 1 is 1.15 bits per heavy atom. The maximum absolute atomic E-state index is 14.0. The lowest BCUT2D eigenvalue weighted by atomic mass is 10.0. The van der Waals surface area contributed by atoms with Gasteiger partial charge in [0.1, 0.15) is 0 Å². The van der Waals surface area contributed by atoms with Gasteiger partial charge in [0.2, 0.25) is 0 Å². The molecular weight excluding hydrogens is 345 g/mol. The predicted octanol–water partition coefficient (Wildman–Crippen LogP) is 4.95. The van der Waals surface area contributed by atoms with Crippen molar-refractivity contribution in [2.24, 2.45) is 0 Å². The van der Waals surface area contributed by atoms with E-state index in [4.69, 9.17) is 11.6 Å². The van der Waals surface area contributed by atoms with Crippen molar-refractivity contribution in [3.8, 4) is 0 Å². The number of carbonyl (C=O) groups excluding carboxylic acids is 1. The van der Waals surface area contributed by atoms with Gasteiger partial charge in [0.05, 0.1) is 10.6 Å². The van der Waals surface area contributed by atoms with Gasteiger partial charge in [0.25, 0.3) is 0 Å². The quantitative estimate of drug-likeness (QED) is 0.650. The minimum absolute atomic E-state index is 0.0332. The largest absolute Gasteiger partial charge is 0.360 e. The lowest BCUT2D eigenvalue weighted by molar-refractivity contribution is 0.103. The molecule has 2 nitrogen and oxygen atoms in total. The number of halogens is 3. The van der Waals surface area contributed by atoms with Crippen molar-refractivity contribution in [1.82, 2.24) is 4.98 Å². The van der Waals surface area contributed by atoms with Crippen LogP contribution in [0.25, 0.3) is 10.9 Å². The number of rotatable bonds is 2. The van der Waals surface area contributed by atoms with Gasteiger partial charge in [0.15, 0.2) is 11.6 Å². The average molecular weight is 353 g/mol. The van der Waals surface area contributed by atoms with Crippen LogP contribution in [-0.4, -0.2) is 10.8 Å². The molecule has 0 amide bonds. The number of carbonyl (C=O) groups is 1. The SMILES string of the molecule is O=C(c1cccc(Cl)c1F)c1c[nH]c2cccc(Br)c12. The van der Waals surface area contributed by atoms with Crippen LogP contribution in [0, 0.1) is 5.82 Å². The van der Waals surface area contributed by atoms with E-state index in [0.717, 1.165) is 15.4 Å². The van der Waals surface area contributed by atoms with Crippen molar-refractivity contribution in [3.05, 3.63) is 69.0 Å². The molecule has 0 fully saturated rings. The van der Waals surface area contributed by atoms with Gasteiger partial charge >= 0.3 is 0 Å². The minimum Gasteiger partial charge on any atom is -0.360 e. The zero-order valence-electron chi connectivity index (χ0n) is 10.1. The van der Waals surface area contributed by atoms with Crippen LogP contribution in [0.1, 0.15) is 15.9 Å². The Labute approximate surface area is 127 Å². The van der Waals surface area contributed by atoms with E-state index in [1.165, 1.54) is 12.1 Å². The summed E-state index contributed by atoms with van der Waals surface area (Å²) in [6.45, 7) is 0. The van der Waals surface area contributed by atoms with E-state index >= 15 is 0 Å². The molecule has 3 rings (SSSR count). The molecule has 100 valence electrons. The van der Waals surface area contributed by atoms with Gasteiger partial charge in [-0.15, -0.1) is 0 Å². The van der Waals surface area contributed by atoms with Crippen LogP contribution in [0.4, 0.5) is 4.39 Å². The third-order valence-electron chi connectivity index (χ3n) is 3.10. The Morgan fingerprint density at radius 2 is 1.90 bits per heavy atom. The molecule has 0 unspecified atom stereocenters. The maximum Gasteiger partial charge on any atom is 0.198 e. The van der Waals surface area contributed by atoms with Crippen molar-refractivity contribution in [3.63, 3.8) is 0 Å². The highest BCUT2D eigenvalue weighted by Crippen LogP contribution is 2.29. The van der Waals surface area contributed by atoms with Crippen LogP contribution in [0.15, 0.2) is 47.1 Å². The Morgan fingerprint density at radius 3 is 2.70 bits per heavy atom. The third kappa shape index (κ3) is 2.05. The fourth-order valence-corrected chi connectivity index (χ4v) is 2.90. The minimum atomic E-state index is -0.694. The van der Waals surface area contributed by atoms with Crippen molar-refractivity contribution in [1.29, 1.82) is 0 Å². The van der Waals surface area contributed by atoms with Crippen LogP contribution < -0.4 is 0 Å². The summed E-state index contributed by atoms with van der Waals surface area (Å²) >= 11 is 9.13. The molecule has 5 heteroatoms. The molecule has 0 bridgehead atoms. The molecule has 0 saturated heterocycles. The van der Waals surface area contributed by atoms with E-state index in [0.29, 0.717) is 5.56 Å². The van der Waals surface area contributed by atoms with E-state index in [1.54, 1.807) is 12.3 Å². The molecule has 2 aromatic carbocycles. The summed E-state index contributed by atoms with van der Waals surface area (Å²) in [6.07, 6.45) is 1.58. The van der Waals surface area contributed by atoms with Crippen molar-refractivity contribution in [2.75, 3.05) is 0 Å². The summed E-state index contributed by atoms with van der Waals surface area (Å²) in [5.74, 6) is -1.09. The lowest BCUT2D eigenvalue weighted by Crippen LogP contribution is -2.04. The molecule has 1 N–H and O–H groups in total. The Bertz CT molecular complexity index is 828. The first-order chi connectivity index (χ1) is 9.59. The molecule has 0 aliphatic carbocycles. The number of ketones is 1. The van der Waals surface area contributed by atoms with Crippen LogP contribution in [0.5, 0.6) is 0 Å². The number of fused-ring (bicyclic) bond motifs is 1. The molecule has 0 radical (unpaired) electrons. The second kappa shape index (κ2) is 5.04. The fourth-order valence-electron chi connectivity index (χ4n) is 2.14. The molecule has 3 aromatic rings. The topological polar surface area (TPSA) is 32.9 Å². The Balaban J connectivity index is 2.21. The monoisotopic (exact) mass is 351 g/mol. The predicted molar refractivity (Wildman–Crippen MR) is 80.8 cm³/mol. The van der Waals surface area contributed by atoms with E-state index < -0.39 is 11.6 Å². The van der Waals surface area contributed by atoms with Crippen LogP contribution in [0.3, 0.4) is 0 Å². The third-order valence-corrected chi connectivity index (χ3v) is 4.05. The van der Waals surface area contributed by atoms with Crippen molar-refractivity contribution < 1.29 is 9.18 Å². The molecular formula is C15H8BrClFNO. The van der Waals surface area contributed by atoms with Crippen LogP contribution in [0.2, 0.25) is 5.02 Å². The second-order valence-corrected chi connectivity index (χ2v) is 5.56. The molecule has 1 heterocycles. The summed E-state index contributed by atoms with van der Waals surface area (Å²) in [6, 6.07) is 9.95. The van der Waals surface area contributed by atoms with E-state index in [2.05, 4.69) is 20.9 Å². The summed E-state index contributed by atoms with van der Waals surface area (Å²) in [7, 11) is 0. The van der Waals surface area contributed by atoms with E-state index in [9.17, 15) is 9.18 Å². The fraction of sp³-hybridized carbons (Fsp3) is 0. The van der Waals surface area contributed by atoms with Gasteiger partial charge < -0.3 is 4.98 Å². The number of nitrogens with one attached hydrogen (secondary N) is 1. The molecule has 0 aliphatic heterocycles. The highest BCUT2D eigenvalue weighted by Gasteiger charge is 2.20. The number of aromatic nitrogens is 1. The van der Waals surface area contributed by atoms with E-state index in [1.807, 2.05) is 18.2 Å². The first-order valence-corrected chi connectivity index (χ1v) is 7.01. The van der Waals surface area contributed by atoms with Gasteiger partial charge in [-0.25, -0.2) is 4.39 Å². The lowest BCUT2D eigenvalue weighted by Gasteiger charge is -2.04. The van der Waals surface area contributed by atoms with Gasteiger partial charge in [-0.2, -0.15) is 0 Å². The number of benzene rings is 2. The summed E-state index contributed by atoms with van der Waals surface area (Å²) in [5, 5.41) is 0.673. The zero-order valence-corrected chi connectivity index (χ0v) is 12.4. The normalized spacial score (nSPS) is 10.9. The van der Waals surface area contributed by atoms with Crippen LogP contribution in [-0.2, 0) is 0 Å². The Hall–Kier alpha value is -1.65. The first kappa shape index (κ1) is 13.3. The molecule has 0 saturated carbocycles. The highest BCUT2D eigenvalue weighted by molar-refractivity contribution is 9.10. The first-order valence-electron chi connectivity index (χ1n) is 5.84. The number of hydrogen-bond acceptors (Lipinski definition) is 1. The van der Waals surface area contributed by atoms with Gasteiger partial charge in [-0.3, -0.25) is 4.79 Å². The molecule has 0 atom stereocenters. The highest BCUT2D eigenvalue weighted by atomic mass is 79.9. The number of H-pyrrole nitrogens is 1. The van der Waals surface area contributed by atoms with Crippen LogP contribution >= 0.6 is 27.5 Å². The van der Waals surface area contributed by atoms with Gasteiger partial charge in [-0.05, 0) is 24.3 Å². The van der Waals surface area contributed by atoms with E-state index in [-0.39, 0.29) is 10.6 Å². The second-order valence-electron chi connectivity index (χ2n) is 4.30. The molecule has 0 aliphatic rings. The standard InChI is InChI=1S/C15H8BrClFNO/c16-10-4-2-6-12-13(10)9(7-19-12)15(20)8-3-1-5-11(17)14(8)18/h1-7,19H. The van der Waals surface area contributed by atoms with Gasteiger partial charge in [0, 0.05) is 27.1 Å². The molecule has 20 heavy (non-hydrogen) atoms. The molecule has 1 aromatic heterocycles. The van der Waals surface area contributed by atoms with Crippen molar-refractivity contribution in [2.45, 2.75) is 0 Å². The summed E-state index contributed by atoms with van der Waals surface area (Å²) in [5.41, 5.74) is 1.19. The molecule has 0 spiro atoms. The van der Waals surface area contributed by atoms with Gasteiger partial charge in [-0.1, -0.05) is 39.7 Å². The summed E-state index contributed by atoms with van der Waals surface area (Å²) < 4.78 is 14.7. The van der Waals surface area contributed by atoms with Crippen molar-refractivity contribution >= 4 is 44.2 Å². The maximum atomic E-state index is 14.0. The smallest absolute Gasteiger partial charge is 0.198 e. The zero-order chi connectivity index (χ0) is 14.3. The Kier molecular flexibility index (Phi) is 3.36. The summed E-state index contributed by atoms with van der Waals surface area (Å²) in [4.78, 5) is 15.5.